The van der Waals surface area contributed by atoms with Gasteiger partial charge in [0.25, 0.3) is 0 Å². The summed E-state index contributed by atoms with van der Waals surface area (Å²) in [6.07, 6.45) is 2.33. The molecule has 0 aliphatic rings. The highest BCUT2D eigenvalue weighted by Crippen LogP contribution is 2.23. The Kier molecular flexibility index (Phi) is 5.76. The summed E-state index contributed by atoms with van der Waals surface area (Å²) in [4.78, 5) is 0. The summed E-state index contributed by atoms with van der Waals surface area (Å²) in [5.74, 6) is 0. The van der Waals surface area contributed by atoms with E-state index < -0.39 is 0 Å². The second-order valence-corrected chi connectivity index (χ2v) is 3.89. The first kappa shape index (κ1) is 13.4. The van der Waals surface area contributed by atoms with Gasteiger partial charge in [0.1, 0.15) is 0 Å². The number of aromatic nitrogens is 2. The van der Waals surface area contributed by atoms with E-state index in [1.165, 1.54) is 0 Å². The van der Waals surface area contributed by atoms with Gasteiger partial charge in [-0.25, -0.2) is 0 Å². The molecule has 0 aromatic carbocycles. The molecule has 1 rings (SSSR count). The molecule has 0 bridgehead atoms. The van der Waals surface area contributed by atoms with Gasteiger partial charge in [-0.05, 0) is 6.42 Å². The molecule has 0 amide bonds. The van der Waals surface area contributed by atoms with Crippen molar-refractivity contribution < 1.29 is 9.47 Å². The monoisotopic (exact) mass is 247 g/mol. The lowest BCUT2D eigenvalue weighted by Crippen LogP contribution is -2.19. The first-order valence-corrected chi connectivity index (χ1v) is 5.53. The Morgan fingerprint density at radius 1 is 1.44 bits per heavy atom. The highest BCUT2D eigenvalue weighted by Gasteiger charge is 2.16. The molecule has 1 unspecified atom stereocenters. The number of hydrogen-bond donors (Lipinski definition) is 1. The SMILES string of the molecule is COCCC(N)c1c(Cl)cnn1CCOC. The summed E-state index contributed by atoms with van der Waals surface area (Å²) in [6, 6.07) is -0.160. The van der Waals surface area contributed by atoms with Gasteiger partial charge in [-0.3, -0.25) is 4.68 Å². The van der Waals surface area contributed by atoms with Gasteiger partial charge >= 0.3 is 0 Å². The van der Waals surface area contributed by atoms with Crippen LogP contribution in [0.2, 0.25) is 5.02 Å². The molecular weight excluding hydrogens is 230 g/mol. The lowest BCUT2D eigenvalue weighted by atomic mass is 10.1. The third-order valence-corrected chi connectivity index (χ3v) is 2.62. The number of halogens is 1. The Morgan fingerprint density at radius 2 is 2.12 bits per heavy atom. The van der Waals surface area contributed by atoms with Crippen molar-refractivity contribution in [3.63, 3.8) is 0 Å². The molecule has 1 aromatic heterocycles. The van der Waals surface area contributed by atoms with Crippen LogP contribution in [0.1, 0.15) is 18.2 Å². The van der Waals surface area contributed by atoms with Crippen molar-refractivity contribution >= 4 is 11.6 Å². The van der Waals surface area contributed by atoms with Gasteiger partial charge in [-0.2, -0.15) is 5.10 Å². The van der Waals surface area contributed by atoms with Gasteiger partial charge in [0.05, 0.1) is 36.1 Å². The van der Waals surface area contributed by atoms with E-state index in [9.17, 15) is 0 Å². The van der Waals surface area contributed by atoms with Crippen molar-refractivity contribution in [2.24, 2.45) is 5.73 Å². The number of rotatable bonds is 7. The summed E-state index contributed by atoms with van der Waals surface area (Å²) in [7, 11) is 3.30. The van der Waals surface area contributed by atoms with Crippen LogP contribution < -0.4 is 5.73 Å². The summed E-state index contributed by atoms with van der Waals surface area (Å²) in [5.41, 5.74) is 6.88. The smallest absolute Gasteiger partial charge is 0.0834 e. The Morgan fingerprint density at radius 3 is 2.75 bits per heavy atom. The first-order chi connectivity index (χ1) is 7.70. The second kappa shape index (κ2) is 6.85. The van der Waals surface area contributed by atoms with Crippen LogP contribution in [-0.2, 0) is 16.0 Å². The van der Waals surface area contributed by atoms with Crippen molar-refractivity contribution in [2.45, 2.75) is 19.0 Å². The molecule has 1 heterocycles. The summed E-state index contributed by atoms with van der Waals surface area (Å²) >= 11 is 6.05. The summed E-state index contributed by atoms with van der Waals surface area (Å²) < 4.78 is 11.8. The van der Waals surface area contributed by atoms with Crippen LogP contribution in [0.15, 0.2) is 6.20 Å². The molecule has 6 heteroatoms. The molecule has 92 valence electrons. The third kappa shape index (κ3) is 3.45. The highest BCUT2D eigenvalue weighted by atomic mass is 35.5. The Labute approximate surface area is 100 Å². The average molecular weight is 248 g/mol. The van der Waals surface area contributed by atoms with Crippen LogP contribution in [0.25, 0.3) is 0 Å². The average Bonchev–Trinajstić information content (AvgIpc) is 2.64. The maximum absolute atomic E-state index is 6.05. The van der Waals surface area contributed by atoms with Gasteiger partial charge in [0.2, 0.25) is 0 Å². The number of nitrogens with zero attached hydrogens (tertiary/aromatic N) is 2. The van der Waals surface area contributed by atoms with Gasteiger partial charge in [0, 0.05) is 20.8 Å². The van der Waals surface area contributed by atoms with Crippen LogP contribution in [0.4, 0.5) is 0 Å². The van der Waals surface area contributed by atoms with E-state index in [-0.39, 0.29) is 6.04 Å². The topological polar surface area (TPSA) is 62.3 Å². The Balaban J connectivity index is 2.71. The highest BCUT2D eigenvalue weighted by molar-refractivity contribution is 6.31. The maximum Gasteiger partial charge on any atom is 0.0834 e. The minimum Gasteiger partial charge on any atom is -0.385 e. The summed E-state index contributed by atoms with van der Waals surface area (Å²) in [5, 5.41) is 4.76. The predicted molar refractivity (Wildman–Crippen MR) is 62.5 cm³/mol. The predicted octanol–water partition coefficient (Wildman–Crippen LogP) is 1.22. The molecule has 1 aromatic rings. The molecule has 16 heavy (non-hydrogen) atoms. The Bertz CT molecular complexity index is 317. The molecule has 0 saturated heterocycles. The van der Waals surface area contributed by atoms with Crippen LogP contribution in [-0.4, -0.2) is 37.2 Å². The van der Waals surface area contributed by atoms with Gasteiger partial charge in [0.15, 0.2) is 0 Å². The maximum atomic E-state index is 6.05. The molecule has 0 spiro atoms. The lowest BCUT2D eigenvalue weighted by Gasteiger charge is -2.14. The molecule has 0 saturated carbocycles. The first-order valence-electron chi connectivity index (χ1n) is 5.15. The van der Waals surface area contributed by atoms with Gasteiger partial charge in [-0.15, -0.1) is 0 Å². The largest absolute Gasteiger partial charge is 0.385 e. The Hall–Kier alpha value is -0.620. The van der Waals surface area contributed by atoms with Crippen LogP contribution in [0, 0.1) is 0 Å². The molecule has 5 nitrogen and oxygen atoms in total. The number of nitrogens with two attached hydrogens (primary N) is 1. The van der Waals surface area contributed by atoms with Gasteiger partial charge < -0.3 is 15.2 Å². The van der Waals surface area contributed by atoms with Crippen LogP contribution in [0.3, 0.4) is 0 Å². The second-order valence-electron chi connectivity index (χ2n) is 3.48. The fraction of sp³-hybridized carbons (Fsp3) is 0.700. The zero-order valence-electron chi connectivity index (χ0n) is 9.65. The fourth-order valence-electron chi connectivity index (χ4n) is 1.48. The van der Waals surface area contributed by atoms with Crippen molar-refractivity contribution in [2.75, 3.05) is 27.4 Å². The van der Waals surface area contributed by atoms with Crippen molar-refractivity contribution in [3.8, 4) is 0 Å². The van der Waals surface area contributed by atoms with E-state index in [2.05, 4.69) is 5.10 Å². The van der Waals surface area contributed by atoms with E-state index in [1.54, 1.807) is 25.1 Å². The molecular formula is C10H18ClN3O2. The van der Waals surface area contributed by atoms with E-state index in [4.69, 9.17) is 26.8 Å². The van der Waals surface area contributed by atoms with E-state index >= 15 is 0 Å². The molecule has 0 radical (unpaired) electrons. The number of methoxy groups -OCH3 is 2. The number of ether oxygens (including phenoxy) is 2. The quantitative estimate of drug-likeness (QED) is 0.787. The van der Waals surface area contributed by atoms with Crippen molar-refractivity contribution in [3.05, 3.63) is 16.9 Å². The molecule has 2 N–H and O–H groups in total. The van der Waals surface area contributed by atoms with E-state index in [0.717, 1.165) is 12.1 Å². The van der Waals surface area contributed by atoms with Crippen molar-refractivity contribution in [1.82, 2.24) is 9.78 Å². The van der Waals surface area contributed by atoms with Crippen LogP contribution >= 0.6 is 11.6 Å². The van der Waals surface area contributed by atoms with Crippen molar-refractivity contribution in [1.29, 1.82) is 0 Å². The molecule has 0 aliphatic carbocycles. The summed E-state index contributed by atoms with van der Waals surface area (Å²) in [6.45, 7) is 1.84. The fourth-order valence-corrected chi connectivity index (χ4v) is 1.76. The zero-order valence-corrected chi connectivity index (χ0v) is 10.4. The standard InChI is InChI=1S/C10H18ClN3O2/c1-15-5-3-9(12)10-8(11)7-13-14(10)4-6-16-2/h7,9H,3-6,12H2,1-2H3. The van der Waals surface area contributed by atoms with Crippen LogP contribution in [0.5, 0.6) is 0 Å². The number of hydrogen-bond acceptors (Lipinski definition) is 4. The molecule has 1 atom stereocenters. The van der Waals surface area contributed by atoms with E-state index in [1.807, 2.05) is 0 Å². The minimum atomic E-state index is -0.160. The third-order valence-electron chi connectivity index (χ3n) is 2.32. The minimum absolute atomic E-state index is 0.160. The van der Waals surface area contributed by atoms with Gasteiger partial charge in [-0.1, -0.05) is 11.6 Å². The lowest BCUT2D eigenvalue weighted by molar-refractivity contribution is 0.177. The zero-order chi connectivity index (χ0) is 12.0. The van der Waals surface area contributed by atoms with E-state index in [0.29, 0.717) is 24.8 Å². The molecule has 0 fully saturated rings. The molecule has 0 aliphatic heterocycles. The normalized spacial score (nSPS) is 13.0.